The fourth-order valence-corrected chi connectivity index (χ4v) is 2.79. The highest BCUT2D eigenvalue weighted by atomic mass is 16.5. The van der Waals surface area contributed by atoms with Crippen molar-refractivity contribution in [3.63, 3.8) is 0 Å². The Balaban J connectivity index is 1.56. The van der Waals surface area contributed by atoms with Gasteiger partial charge in [0.15, 0.2) is 6.10 Å². The number of rotatable bonds is 7. The van der Waals surface area contributed by atoms with E-state index < -0.39 is 12.1 Å². The molecule has 0 radical (unpaired) electrons. The number of nitrogens with zero attached hydrogens (tertiary/aromatic N) is 3. The lowest BCUT2D eigenvalue weighted by Crippen LogP contribution is -2.23. The predicted molar refractivity (Wildman–Crippen MR) is 110 cm³/mol. The van der Waals surface area contributed by atoms with Gasteiger partial charge in [0, 0.05) is 11.6 Å². The van der Waals surface area contributed by atoms with Crippen LogP contribution in [0, 0.1) is 13.8 Å². The molecular formula is C23H23N3O3. The average Bonchev–Trinajstić information content (AvgIpc) is 3.16. The summed E-state index contributed by atoms with van der Waals surface area (Å²) < 4.78 is 6.92. The number of hydrogen-bond acceptors (Lipinski definition) is 5. The number of carbonyl (C=O) groups is 2. The van der Waals surface area contributed by atoms with Crippen LogP contribution in [0.25, 0.3) is 6.08 Å². The average molecular weight is 389 g/mol. The Bertz CT molecular complexity index is 1040. The first-order valence-electron chi connectivity index (χ1n) is 9.36. The molecule has 0 unspecified atom stereocenters. The molecule has 0 aliphatic carbocycles. The minimum atomic E-state index is -0.872. The molecule has 1 aromatic heterocycles. The normalized spacial score (nSPS) is 12.1. The van der Waals surface area contributed by atoms with E-state index in [9.17, 15) is 9.59 Å². The molecule has 1 heterocycles. The van der Waals surface area contributed by atoms with Crippen molar-refractivity contribution in [2.45, 2.75) is 33.4 Å². The molecule has 29 heavy (non-hydrogen) atoms. The summed E-state index contributed by atoms with van der Waals surface area (Å²) in [5.41, 5.74) is 4.29. The molecule has 0 aliphatic heterocycles. The van der Waals surface area contributed by atoms with Gasteiger partial charge in [-0.3, -0.25) is 4.79 Å². The van der Waals surface area contributed by atoms with E-state index in [0.29, 0.717) is 17.8 Å². The summed E-state index contributed by atoms with van der Waals surface area (Å²) in [5.74, 6) is -0.837. The minimum absolute atomic E-state index is 0.233. The van der Waals surface area contributed by atoms with Crippen molar-refractivity contribution in [3.05, 3.63) is 88.8 Å². The molecule has 0 amide bonds. The fraction of sp³-hybridized carbons (Fsp3) is 0.217. The van der Waals surface area contributed by atoms with Crippen LogP contribution in [-0.4, -0.2) is 32.9 Å². The summed E-state index contributed by atoms with van der Waals surface area (Å²) in [5, 5.41) is 8.06. The number of Topliss-reactive ketones (excluding diaryl/α,β-unsaturated/α-hetero) is 1. The Morgan fingerprint density at radius 3 is 2.59 bits per heavy atom. The quantitative estimate of drug-likeness (QED) is 0.349. The van der Waals surface area contributed by atoms with Crippen molar-refractivity contribution in [2.24, 2.45) is 0 Å². The van der Waals surface area contributed by atoms with Gasteiger partial charge in [-0.05, 0) is 49.6 Å². The lowest BCUT2D eigenvalue weighted by atomic mass is 10.0. The van der Waals surface area contributed by atoms with Gasteiger partial charge in [0.05, 0.1) is 12.7 Å². The van der Waals surface area contributed by atoms with Crippen LogP contribution in [0.3, 0.4) is 0 Å². The molecule has 3 rings (SSSR count). The van der Waals surface area contributed by atoms with Crippen LogP contribution in [0.15, 0.2) is 60.8 Å². The van der Waals surface area contributed by atoms with Gasteiger partial charge in [-0.1, -0.05) is 47.7 Å². The van der Waals surface area contributed by atoms with Crippen LogP contribution in [0.5, 0.6) is 0 Å². The van der Waals surface area contributed by atoms with Gasteiger partial charge >= 0.3 is 5.97 Å². The molecular weight excluding hydrogens is 366 g/mol. The SMILES string of the molecule is Cc1ccc(C(=O)[C@@H](C)OC(=O)/C=C/c2cn(Cc3ccccc3)nn2)cc1C. The molecule has 0 N–H and O–H groups in total. The molecule has 0 bridgehead atoms. The van der Waals surface area contributed by atoms with Gasteiger partial charge in [0.25, 0.3) is 0 Å². The van der Waals surface area contributed by atoms with Crippen LogP contribution in [0.2, 0.25) is 0 Å². The van der Waals surface area contributed by atoms with Gasteiger partial charge in [0.2, 0.25) is 5.78 Å². The maximum Gasteiger partial charge on any atom is 0.331 e. The topological polar surface area (TPSA) is 74.1 Å². The van der Waals surface area contributed by atoms with Crippen LogP contribution in [0.1, 0.15) is 39.7 Å². The molecule has 0 saturated heterocycles. The number of carbonyl (C=O) groups excluding carboxylic acids is 2. The number of benzene rings is 2. The van der Waals surface area contributed by atoms with E-state index in [1.807, 2.05) is 56.3 Å². The Morgan fingerprint density at radius 2 is 1.86 bits per heavy atom. The molecule has 0 aliphatic rings. The maximum atomic E-state index is 12.5. The monoisotopic (exact) mass is 389 g/mol. The summed E-state index contributed by atoms with van der Waals surface area (Å²) in [7, 11) is 0. The number of aryl methyl sites for hydroxylation is 2. The lowest BCUT2D eigenvalue weighted by Gasteiger charge is -2.11. The number of ether oxygens (including phenoxy) is 1. The first-order valence-corrected chi connectivity index (χ1v) is 9.36. The van der Waals surface area contributed by atoms with Crippen molar-refractivity contribution in [2.75, 3.05) is 0 Å². The van der Waals surface area contributed by atoms with Gasteiger partial charge in [-0.25, -0.2) is 9.48 Å². The van der Waals surface area contributed by atoms with Crippen molar-refractivity contribution in [3.8, 4) is 0 Å². The third-order valence-electron chi connectivity index (χ3n) is 4.59. The third-order valence-corrected chi connectivity index (χ3v) is 4.59. The van der Waals surface area contributed by atoms with Gasteiger partial charge in [-0.15, -0.1) is 5.10 Å². The molecule has 6 nitrogen and oxygen atoms in total. The Labute approximate surface area is 169 Å². The van der Waals surface area contributed by atoms with E-state index in [-0.39, 0.29) is 5.78 Å². The number of aromatic nitrogens is 3. The van der Waals surface area contributed by atoms with Crippen molar-refractivity contribution < 1.29 is 14.3 Å². The van der Waals surface area contributed by atoms with Gasteiger partial charge in [0.1, 0.15) is 5.69 Å². The van der Waals surface area contributed by atoms with Crippen LogP contribution in [0.4, 0.5) is 0 Å². The van der Waals surface area contributed by atoms with Gasteiger partial charge in [-0.2, -0.15) is 0 Å². The van der Waals surface area contributed by atoms with E-state index in [4.69, 9.17) is 4.74 Å². The number of esters is 1. The molecule has 0 fully saturated rings. The summed E-state index contributed by atoms with van der Waals surface area (Å²) >= 11 is 0. The molecule has 148 valence electrons. The highest BCUT2D eigenvalue weighted by molar-refractivity contribution is 6.01. The molecule has 0 saturated carbocycles. The van der Waals surface area contributed by atoms with Crippen LogP contribution < -0.4 is 0 Å². The van der Waals surface area contributed by atoms with Crippen LogP contribution in [-0.2, 0) is 16.1 Å². The second-order valence-corrected chi connectivity index (χ2v) is 6.90. The summed E-state index contributed by atoms with van der Waals surface area (Å²) in [6.45, 7) is 6.08. The molecule has 0 spiro atoms. The highest BCUT2D eigenvalue weighted by Crippen LogP contribution is 2.13. The zero-order chi connectivity index (χ0) is 20.8. The fourth-order valence-electron chi connectivity index (χ4n) is 2.79. The van der Waals surface area contributed by atoms with E-state index in [1.54, 1.807) is 23.9 Å². The van der Waals surface area contributed by atoms with E-state index in [0.717, 1.165) is 16.7 Å². The smallest absolute Gasteiger partial charge is 0.331 e. The molecule has 3 aromatic rings. The molecule has 6 heteroatoms. The number of ketones is 1. The summed E-state index contributed by atoms with van der Waals surface area (Å²) in [6.07, 6.45) is 3.63. The van der Waals surface area contributed by atoms with Crippen molar-refractivity contribution >= 4 is 17.8 Å². The Kier molecular flexibility index (Phi) is 6.34. The second kappa shape index (κ2) is 9.10. The second-order valence-electron chi connectivity index (χ2n) is 6.90. The van der Waals surface area contributed by atoms with Crippen molar-refractivity contribution in [1.82, 2.24) is 15.0 Å². The third kappa shape index (κ3) is 5.48. The molecule has 1 atom stereocenters. The summed E-state index contributed by atoms with van der Waals surface area (Å²) in [6, 6.07) is 15.3. The highest BCUT2D eigenvalue weighted by Gasteiger charge is 2.19. The lowest BCUT2D eigenvalue weighted by molar-refractivity contribution is -0.140. The van der Waals surface area contributed by atoms with Crippen molar-refractivity contribution in [1.29, 1.82) is 0 Å². The first kappa shape index (κ1) is 20.2. The first-order chi connectivity index (χ1) is 13.9. The zero-order valence-corrected chi connectivity index (χ0v) is 16.7. The predicted octanol–water partition coefficient (Wildman–Crippen LogP) is 3.77. The zero-order valence-electron chi connectivity index (χ0n) is 16.7. The minimum Gasteiger partial charge on any atom is -0.451 e. The number of hydrogen-bond donors (Lipinski definition) is 0. The largest absolute Gasteiger partial charge is 0.451 e. The van der Waals surface area contributed by atoms with E-state index >= 15 is 0 Å². The van der Waals surface area contributed by atoms with E-state index in [1.165, 1.54) is 12.2 Å². The van der Waals surface area contributed by atoms with Crippen LogP contribution >= 0.6 is 0 Å². The van der Waals surface area contributed by atoms with Gasteiger partial charge < -0.3 is 4.74 Å². The Morgan fingerprint density at radius 1 is 1.10 bits per heavy atom. The van der Waals surface area contributed by atoms with E-state index in [2.05, 4.69) is 10.3 Å². The Hall–Kier alpha value is -3.54. The summed E-state index contributed by atoms with van der Waals surface area (Å²) in [4.78, 5) is 24.5. The maximum absolute atomic E-state index is 12.5. The molecule has 2 aromatic carbocycles. The standard InChI is InChI=1S/C23H23N3O3/c1-16-9-10-20(13-17(16)2)23(28)18(3)29-22(27)12-11-21-15-26(25-24-21)14-19-7-5-4-6-8-19/h4-13,15,18H,14H2,1-3H3/b12-11+/t18-/m1/s1.